The van der Waals surface area contributed by atoms with Crippen molar-refractivity contribution in [3.8, 4) is 0 Å². The molecule has 0 aliphatic carbocycles. The summed E-state index contributed by atoms with van der Waals surface area (Å²) in [5.41, 5.74) is 0. The Morgan fingerprint density at radius 2 is 0.500 bits per heavy atom. The van der Waals surface area contributed by atoms with Crippen LogP contribution in [-0.2, 0) is 24.7 Å². The van der Waals surface area contributed by atoms with Crippen LogP contribution in [0.1, 0.15) is 194 Å². The Labute approximate surface area is 384 Å². The molecule has 0 radical (unpaired) electrons. The zero-order chi connectivity index (χ0) is 36.0. The maximum Gasteiger partial charge on any atom is 2.00 e. The van der Waals surface area contributed by atoms with Gasteiger partial charge >= 0.3 is 108 Å². The van der Waals surface area contributed by atoms with Crippen LogP contribution in [-0.4, -0.2) is 102 Å². The fraction of sp³-hybridized carbons (Fsp3) is 1.00. The molecule has 0 aromatic heterocycles. The molecular formula is C34H74LiMgNNaO12Si4-. The van der Waals surface area contributed by atoms with E-state index < -0.39 is 36.2 Å². The van der Waals surface area contributed by atoms with Gasteiger partial charge in [-0.05, 0) is 25.7 Å². The quantitative estimate of drug-likeness (QED) is 0.0465. The summed E-state index contributed by atoms with van der Waals surface area (Å²) in [4.78, 5) is 44.5. The summed E-state index contributed by atoms with van der Waals surface area (Å²) in [5.74, 6) is 0. The molecule has 6 heterocycles. The van der Waals surface area contributed by atoms with Crippen molar-refractivity contribution in [1.29, 1.82) is 0 Å². The molecule has 13 nitrogen and oxygen atoms in total. The van der Waals surface area contributed by atoms with Gasteiger partial charge in [-0.15, -0.1) is 0 Å². The molecule has 6 aliphatic heterocycles. The second-order valence-corrected chi connectivity index (χ2v) is 24.1. The van der Waals surface area contributed by atoms with E-state index in [0.717, 1.165) is 0 Å². The number of rotatable bonds is 30. The van der Waals surface area contributed by atoms with E-state index in [0.29, 0.717) is 0 Å². The Bertz CT molecular complexity index is 807. The summed E-state index contributed by atoms with van der Waals surface area (Å²) in [6.45, 7) is 7.38. The van der Waals surface area contributed by atoms with Crippen LogP contribution in [0.2, 0.25) is 0 Å². The second-order valence-electron chi connectivity index (χ2n) is 15.2. The monoisotopic (exact) mass is 854 g/mol. The predicted molar refractivity (Wildman–Crippen MR) is 202 cm³/mol. The van der Waals surface area contributed by atoms with Crippen LogP contribution in [0.4, 0.5) is 0 Å². The molecule has 0 amide bonds. The number of unbranched alkanes of at least 4 members (excludes halogenated alkanes) is 26. The van der Waals surface area contributed by atoms with Crippen LogP contribution < -0.4 is 67.6 Å². The van der Waals surface area contributed by atoms with Crippen molar-refractivity contribution >= 4 is 59.2 Å². The standard InChI is InChI=1S/C34H72N.Li.Mg.Na.O10Si4.2H2O/c1-5-7-9-11-13-15-17-19-20-21-22-24-26-28-30-32-34-35(3,4)33-31-29-27-25-23-18-16-14-12-10-8-6-2;;;;1-11-5-12(2,6-11)10-14(4)7-13(3,8-14)9-11;;/h5-34H2,1-4H3;;;;;2*1H2/q2*+1;+2;+1;-4;;/p-2. The first-order chi connectivity index (χ1) is 23.4. The fourth-order valence-corrected chi connectivity index (χ4v) is 18.5. The topological polar surface area (TPSA) is 208 Å². The largest absolute Gasteiger partial charge is 2.00 e. The summed E-state index contributed by atoms with van der Waals surface area (Å²) in [6.07, 6.45) is 40.9. The molecular weight excluding hydrogens is 781 g/mol. The van der Waals surface area contributed by atoms with Gasteiger partial charge in [-0.2, -0.15) is 0 Å². The third kappa shape index (κ3) is 29.9. The van der Waals surface area contributed by atoms with Crippen LogP contribution in [0.15, 0.2) is 0 Å². The van der Waals surface area contributed by atoms with Gasteiger partial charge in [0.15, 0.2) is 0 Å². The molecule has 0 aromatic carbocycles. The number of hydrogen-bond donors (Lipinski definition) is 0. The first-order valence-electron chi connectivity index (χ1n) is 20.2. The molecule has 6 saturated heterocycles. The van der Waals surface area contributed by atoms with E-state index in [1.54, 1.807) is 0 Å². The Morgan fingerprint density at radius 3 is 0.667 bits per heavy atom. The SMILES string of the molecule is CCCCCCCCCCCCCCCCCC[N+](C)(C)CCCCCCCCCCCCCC.[Li+].[Mg+2].[Na+].[O-][Si]12O[Si]([O-])(O1)O[Si]1([O-])O[Si]([O-])(O1)O2.[OH-].[OH-]. The Kier molecular flexibility index (Phi) is 41.4. The second kappa shape index (κ2) is 35.3. The minimum Gasteiger partial charge on any atom is -0.870 e. The van der Waals surface area contributed by atoms with Crippen LogP contribution in [0.25, 0.3) is 0 Å². The molecule has 0 spiro atoms. The number of hydrogen-bond acceptors (Lipinski definition) is 12. The summed E-state index contributed by atoms with van der Waals surface area (Å²) in [5, 5.41) is 0. The van der Waals surface area contributed by atoms with Crippen LogP contribution in [0.3, 0.4) is 0 Å². The molecule has 0 unspecified atom stereocenters. The van der Waals surface area contributed by atoms with Crippen molar-refractivity contribution in [2.45, 2.75) is 194 Å². The minimum absolute atomic E-state index is 0. The van der Waals surface area contributed by atoms with Crippen molar-refractivity contribution in [3.63, 3.8) is 0 Å². The van der Waals surface area contributed by atoms with Crippen LogP contribution in [0.5, 0.6) is 0 Å². The van der Waals surface area contributed by atoms with Gasteiger partial charge in [-0.3, -0.25) is 0 Å². The summed E-state index contributed by atoms with van der Waals surface area (Å²) < 4.78 is 26.4. The Hall–Kier alpha value is 2.71. The van der Waals surface area contributed by atoms with Crippen molar-refractivity contribution in [1.82, 2.24) is 0 Å². The summed E-state index contributed by atoms with van der Waals surface area (Å²) >= 11 is 0. The summed E-state index contributed by atoms with van der Waals surface area (Å²) in [6, 6.07) is 0. The first-order valence-corrected chi connectivity index (χ1v) is 26.7. The molecule has 0 atom stereocenters. The molecule has 2 N–H and O–H groups in total. The van der Waals surface area contributed by atoms with Gasteiger partial charge in [0.1, 0.15) is 0 Å². The minimum atomic E-state index is -4.48. The smallest absolute Gasteiger partial charge is 0.870 e. The molecule has 4 bridgehead atoms. The zero-order valence-corrected chi connectivity index (χ0v) is 42.8. The normalized spacial score (nSPS) is 24.9. The van der Waals surface area contributed by atoms with Crippen molar-refractivity contribution < 1.29 is 108 Å². The van der Waals surface area contributed by atoms with E-state index in [1.165, 1.54) is 197 Å². The van der Waals surface area contributed by atoms with Gasteiger partial charge in [-0.1, -0.05) is 168 Å². The van der Waals surface area contributed by atoms with E-state index >= 15 is 0 Å². The third-order valence-electron chi connectivity index (χ3n) is 9.73. The zero-order valence-electron chi connectivity index (χ0n) is 35.3. The van der Waals surface area contributed by atoms with Crippen LogP contribution in [0, 0.1) is 0 Å². The van der Waals surface area contributed by atoms with E-state index in [-0.39, 0.29) is 82.4 Å². The molecule has 6 rings (SSSR count). The Morgan fingerprint density at radius 1 is 0.352 bits per heavy atom. The van der Waals surface area contributed by atoms with Crippen LogP contribution >= 0.6 is 0 Å². The van der Waals surface area contributed by atoms with Crippen molar-refractivity contribution in [2.75, 3.05) is 27.2 Å². The summed E-state index contributed by atoms with van der Waals surface area (Å²) in [7, 11) is -13.0. The maximum atomic E-state index is 11.1. The van der Waals surface area contributed by atoms with Crippen molar-refractivity contribution in [3.05, 3.63) is 0 Å². The van der Waals surface area contributed by atoms with Gasteiger partial charge in [0.05, 0.1) is 27.2 Å². The van der Waals surface area contributed by atoms with E-state index in [4.69, 9.17) is 0 Å². The van der Waals surface area contributed by atoms with Gasteiger partial charge in [0, 0.05) is 0 Å². The maximum absolute atomic E-state index is 11.1. The van der Waals surface area contributed by atoms with Crippen molar-refractivity contribution in [2.24, 2.45) is 0 Å². The van der Waals surface area contributed by atoms with Gasteiger partial charge in [0.2, 0.25) is 0 Å². The van der Waals surface area contributed by atoms with E-state index in [1.807, 2.05) is 0 Å². The fourth-order valence-electron chi connectivity index (χ4n) is 6.68. The molecule has 6 fully saturated rings. The van der Waals surface area contributed by atoms with Gasteiger partial charge < -0.3 is 59.3 Å². The Balaban J connectivity index is -0.000000547. The van der Waals surface area contributed by atoms with E-state index in [2.05, 4.69) is 52.6 Å². The number of quaternary nitrogens is 1. The molecule has 308 valence electrons. The first kappa shape index (κ1) is 63.4. The third-order valence-corrected chi connectivity index (χ3v) is 21.7. The van der Waals surface area contributed by atoms with Gasteiger partial charge in [-0.25, -0.2) is 0 Å². The van der Waals surface area contributed by atoms with E-state index in [9.17, 15) is 19.2 Å². The average Bonchev–Trinajstić information content (AvgIpc) is 2.99. The molecule has 6 aliphatic rings. The molecule has 54 heavy (non-hydrogen) atoms. The van der Waals surface area contributed by atoms with Gasteiger partial charge in [0.25, 0.3) is 0 Å². The number of nitrogens with zero attached hydrogens (tertiary/aromatic N) is 1. The average molecular weight is 856 g/mol. The molecule has 0 saturated carbocycles. The molecule has 20 heteroatoms. The predicted octanol–water partition coefficient (Wildman–Crippen LogP) is -1.39. The molecule has 0 aromatic rings.